The number of aliphatic hydroxyl groups is 2. The third kappa shape index (κ3) is 1.18. The van der Waals surface area contributed by atoms with Crippen LogP contribution in [-0.4, -0.2) is 16.5 Å². The summed E-state index contributed by atoms with van der Waals surface area (Å²) in [7, 11) is 0. The molecular formula is C9H16O2. The molecule has 2 aliphatic rings. The van der Waals surface area contributed by atoms with Crippen molar-refractivity contribution in [3.05, 3.63) is 0 Å². The maximum atomic E-state index is 8.96. The lowest BCUT2D eigenvalue weighted by Crippen LogP contribution is -2.09. The van der Waals surface area contributed by atoms with Crippen LogP contribution in [-0.2, 0) is 0 Å². The first-order valence-corrected chi connectivity index (χ1v) is 4.56. The van der Waals surface area contributed by atoms with Crippen LogP contribution in [0.5, 0.6) is 0 Å². The average Bonchev–Trinajstić information content (AvgIpc) is 2.60. The zero-order valence-corrected chi connectivity index (χ0v) is 6.90. The summed E-state index contributed by atoms with van der Waals surface area (Å²) >= 11 is 0. The molecule has 0 amide bonds. The molecule has 0 aromatic rings. The first kappa shape index (κ1) is 7.56. The Morgan fingerprint density at radius 1 is 1.18 bits per heavy atom. The van der Waals surface area contributed by atoms with Crippen LogP contribution in [0.25, 0.3) is 0 Å². The SMILES string of the molecule is CC1CCC2C(C1)C2C(O)O. The van der Waals surface area contributed by atoms with E-state index in [1.54, 1.807) is 0 Å². The molecule has 4 unspecified atom stereocenters. The molecule has 2 heteroatoms. The maximum absolute atomic E-state index is 8.96. The summed E-state index contributed by atoms with van der Waals surface area (Å²) < 4.78 is 0. The van der Waals surface area contributed by atoms with Gasteiger partial charge in [-0.1, -0.05) is 13.3 Å². The highest BCUT2D eigenvalue weighted by molar-refractivity contribution is 5.01. The van der Waals surface area contributed by atoms with Crippen LogP contribution in [0.1, 0.15) is 26.2 Å². The largest absolute Gasteiger partial charge is 0.368 e. The van der Waals surface area contributed by atoms with Gasteiger partial charge in [0.2, 0.25) is 0 Å². The van der Waals surface area contributed by atoms with Gasteiger partial charge in [0.15, 0.2) is 6.29 Å². The van der Waals surface area contributed by atoms with Gasteiger partial charge in [0.25, 0.3) is 0 Å². The number of rotatable bonds is 1. The van der Waals surface area contributed by atoms with Crippen molar-refractivity contribution in [2.24, 2.45) is 23.7 Å². The second-order valence-corrected chi connectivity index (χ2v) is 4.24. The lowest BCUT2D eigenvalue weighted by Gasteiger charge is -2.14. The van der Waals surface area contributed by atoms with E-state index in [9.17, 15) is 0 Å². The molecule has 0 bridgehead atoms. The normalized spacial score (nSPS) is 49.1. The summed E-state index contributed by atoms with van der Waals surface area (Å²) in [4.78, 5) is 0. The summed E-state index contributed by atoms with van der Waals surface area (Å²) in [5.74, 6) is 2.31. The van der Waals surface area contributed by atoms with Gasteiger partial charge in [0.1, 0.15) is 0 Å². The highest BCUT2D eigenvalue weighted by atomic mass is 16.5. The van der Waals surface area contributed by atoms with E-state index in [1.807, 2.05) is 0 Å². The third-order valence-corrected chi connectivity index (χ3v) is 3.41. The van der Waals surface area contributed by atoms with Gasteiger partial charge in [-0.05, 0) is 30.6 Å². The molecule has 0 radical (unpaired) electrons. The van der Waals surface area contributed by atoms with E-state index in [1.165, 1.54) is 19.3 Å². The Morgan fingerprint density at radius 2 is 1.91 bits per heavy atom. The maximum Gasteiger partial charge on any atom is 0.154 e. The lowest BCUT2D eigenvalue weighted by atomic mass is 9.91. The van der Waals surface area contributed by atoms with Crippen molar-refractivity contribution >= 4 is 0 Å². The molecule has 2 rings (SSSR count). The van der Waals surface area contributed by atoms with E-state index in [-0.39, 0.29) is 5.92 Å². The third-order valence-electron chi connectivity index (χ3n) is 3.41. The van der Waals surface area contributed by atoms with E-state index in [4.69, 9.17) is 10.2 Å². The molecule has 11 heavy (non-hydrogen) atoms. The molecule has 0 aromatic carbocycles. The number of hydrogen-bond acceptors (Lipinski definition) is 2. The molecular weight excluding hydrogens is 140 g/mol. The lowest BCUT2D eigenvalue weighted by molar-refractivity contribution is -0.0630. The van der Waals surface area contributed by atoms with Crippen LogP contribution >= 0.6 is 0 Å². The second-order valence-electron chi connectivity index (χ2n) is 4.24. The minimum atomic E-state index is -1.05. The van der Waals surface area contributed by atoms with Gasteiger partial charge >= 0.3 is 0 Å². The minimum absolute atomic E-state index is 0.222. The summed E-state index contributed by atoms with van der Waals surface area (Å²) in [6.07, 6.45) is 2.67. The van der Waals surface area contributed by atoms with Crippen molar-refractivity contribution in [3.63, 3.8) is 0 Å². The summed E-state index contributed by atoms with van der Waals surface area (Å²) in [6.45, 7) is 2.26. The van der Waals surface area contributed by atoms with Crippen LogP contribution in [0, 0.1) is 23.7 Å². The second kappa shape index (κ2) is 2.46. The Balaban J connectivity index is 1.93. The molecule has 64 valence electrons. The standard InChI is InChI=1S/C9H16O2/c1-5-2-3-6-7(4-5)8(6)9(10)11/h5-11H,2-4H2,1H3. The van der Waals surface area contributed by atoms with Crippen LogP contribution in [0.2, 0.25) is 0 Å². The topological polar surface area (TPSA) is 40.5 Å². The Kier molecular flexibility index (Phi) is 1.69. The van der Waals surface area contributed by atoms with Gasteiger partial charge in [0, 0.05) is 5.92 Å². The first-order chi connectivity index (χ1) is 5.20. The molecule has 2 aliphatic carbocycles. The smallest absolute Gasteiger partial charge is 0.154 e. The Bertz CT molecular complexity index is 156. The predicted octanol–water partition coefficient (Wildman–Crippen LogP) is 0.979. The van der Waals surface area contributed by atoms with Crippen molar-refractivity contribution in [1.29, 1.82) is 0 Å². The Hall–Kier alpha value is -0.0800. The van der Waals surface area contributed by atoms with Gasteiger partial charge < -0.3 is 10.2 Å². The summed E-state index contributed by atoms with van der Waals surface area (Å²) in [5, 5.41) is 17.9. The Labute approximate surface area is 67.2 Å². The molecule has 2 saturated carbocycles. The molecule has 0 spiro atoms. The van der Waals surface area contributed by atoms with Gasteiger partial charge in [-0.2, -0.15) is 0 Å². The van der Waals surface area contributed by atoms with E-state index >= 15 is 0 Å². The zero-order chi connectivity index (χ0) is 8.01. The first-order valence-electron chi connectivity index (χ1n) is 4.56. The molecule has 4 atom stereocenters. The van der Waals surface area contributed by atoms with Crippen molar-refractivity contribution in [2.45, 2.75) is 32.5 Å². The molecule has 2 N–H and O–H groups in total. The Morgan fingerprint density at radius 3 is 2.45 bits per heavy atom. The minimum Gasteiger partial charge on any atom is -0.368 e. The van der Waals surface area contributed by atoms with Gasteiger partial charge in [-0.3, -0.25) is 0 Å². The van der Waals surface area contributed by atoms with Crippen molar-refractivity contribution < 1.29 is 10.2 Å². The molecule has 0 heterocycles. The summed E-state index contributed by atoms with van der Waals surface area (Å²) in [5.41, 5.74) is 0. The van der Waals surface area contributed by atoms with E-state index in [0.29, 0.717) is 11.8 Å². The number of fused-ring (bicyclic) bond motifs is 1. The molecule has 2 fully saturated rings. The molecule has 0 saturated heterocycles. The van der Waals surface area contributed by atoms with Crippen LogP contribution in [0.3, 0.4) is 0 Å². The molecule has 0 aromatic heterocycles. The van der Waals surface area contributed by atoms with E-state index < -0.39 is 6.29 Å². The fraction of sp³-hybridized carbons (Fsp3) is 1.00. The fourth-order valence-corrected chi connectivity index (χ4v) is 2.71. The highest BCUT2D eigenvalue weighted by Crippen LogP contribution is 2.57. The zero-order valence-electron chi connectivity index (χ0n) is 6.90. The van der Waals surface area contributed by atoms with Crippen molar-refractivity contribution in [1.82, 2.24) is 0 Å². The molecule has 2 nitrogen and oxygen atoms in total. The number of hydrogen-bond donors (Lipinski definition) is 2. The van der Waals surface area contributed by atoms with Gasteiger partial charge in [0.05, 0.1) is 0 Å². The van der Waals surface area contributed by atoms with Gasteiger partial charge in [-0.15, -0.1) is 0 Å². The fourth-order valence-electron chi connectivity index (χ4n) is 2.71. The van der Waals surface area contributed by atoms with Crippen molar-refractivity contribution in [2.75, 3.05) is 0 Å². The van der Waals surface area contributed by atoms with Crippen LogP contribution in [0.15, 0.2) is 0 Å². The van der Waals surface area contributed by atoms with Gasteiger partial charge in [-0.25, -0.2) is 0 Å². The highest BCUT2D eigenvalue weighted by Gasteiger charge is 2.54. The monoisotopic (exact) mass is 156 g/mol. The summed E-state index contributed by atoms with van der Waals surface area (Å²) in [6, 6.07) is 0. The molecule has 0 aliphatic heterocycles. The van der Waals surface area contributed by atoms with E-state index in [2.05, 4.69) is 6.92 Å². The van der Waals surface area contributed by atoms with Crippen LogP contribution < -0.4 is 0 Å². The average molecular weight is 156 g/mol. The number of aliphatic hydroxyl groups excluding tert-OH is 1. The van der Waals surface area contributed by atoms with E-state index in [0.717, 1.165) is 5.92 Å². The van der Waals surface area contributed by atoms with Crippen LogP contribution in [0.4, 0.5) is 0 Å². The predicted molar refractivity (Wildman–Crippen MR) is 41.7 cm³/mol. The van der Waals surface area contributed by atoms with Crippen molar-refractivity contribution in [3.8, 4) is 0 Å². The quantitative estimate of drug-likeness (QED) is 0.555.